The third-order valence-corrected chi connectivity index (χ3v) is 3.26. The minimum absolute atomic E-state index is 0.0345. The van der Waals surface area contributed by atoms with Crippen molar-refractivity contribution in [3.63, 3.8) is 0 Å². The van der Waals surface area contributed by atoms with Crippen LogP contribution in [0, 0.1) is 5.92 Å². The van der Waals surface area contributed by atoms with Gasteiger partial charge in [0.05, 0.1) is 6.54 Å². The van der Waals surface area contributed by atoms with Gasteiger partial charge in [0.2, 0.25) is 11.8 Å². The van der Waals surface area contributed by atoms with Crippen LogP contribution in [0.15, 0.2) is 0 Å². The van der Waals surface area contributed by atoms with Crippen LogP contribution in [0.3, 0.4) is 0 Å². The van der Waals surface area contributed by atoms with Crippen molar-refractivity contribution >= 4 is 11.8 Å². The highest BCUT2D eigenvalue weighted by Gasteiger charge is 2.22. The summed E-state index contributed by atoms with van der Waals surface area (Å²) in [6.45, 7) is 4.26. The molecule has 98 valence electrons. The lowest BCUT2D eigenvalue weighted by atomic mass is 9.93. The molecule has 0 aromatic rings. The second-order valence-corrected chi connectivity index (χ2v) is 4.63. The number of hydrogen-bond acceptors (Lipinski definition) is 3. The van der Waals surface area contributed by atoms with Crippen LogP contribution in [0.5, 0.6) is 0 Å². The number of rotatable bonds is 5. The van der Waals surface area contributed by atoms with Crippen LogP contribution in [0.25, 0.3) is 0 Å². The lowest BCUT2D eigenvalue weighted by molar-refractivity contribution is -0.133. The van der Waals surface area contributed by atoms with E-state index in [0.717, 1.165) is 38.4 Å². The summed E-state index contributed by atoms with van der Waals surface area (Å²) in [5.41, 5.74) is 0. The van der Waals surface area contributed by atoms with E-state index in [2.05, 4.69) is 10.6 Å². The van der Waals surface area contributed by atoms with Gasteiger partial charge in [0, 0.05) is 20.0 Å². The number of nitrogens with zero attached hydrogens (tertiary/aromatic N) is 1. The van der Waals surface area contributed by atoms with Gasteiger partial charge >= 0.3 is 0 Å². The van der Waals surface area contributed by atoms with Gasteiger partial charge < -0.3 is 15.5 Å². The predicted molar refractivity (Wildman–Crippen MR) is 66.5 cm³/mol. The van der Waals surface area contributed by atoms with Gasteiger partial charge in [0.1, 0.15) is 0 Å². The Kier molecular flexibility index (Phi) is 5.97. The molecule has 0 aromatic heterocycles. The molecule has 0 unspecified atom stereocenters. The monoisotopic (exact) mass is 241 g/mol. The molecule has 1 rings (SSSR count). The molecular weight excluding hydrogens is 218 g/mol. The topological polar surface area (TPSA) is 61.4 Å². The first-order chi connectivity index (χ1) is 8.13. The molecule has 0 aromatic carbocycles. The zero-order valence-corrected chi connectivity index (χ0v) is 10.8. The molecule has 1 fully saturated rings. The lowest BCUT2D eigenvalue weighted by Crippen LogP contribution is -2.43. The fraction of sp³-hybridized carbons (Fsp3) is 0.833. The average molecular weight is 241 g/mol. The Morgan fingerprint density at radius 2 is 1.94 bits per heavy atom. The third kappa shape index (κ3) is 5.17. The van der Waals surface area contributed by atoms with E-state index < -0.39 is 0 Å². The second kappa shape index (κ2) is 7.27. The molecule has 5 nitrogen and oxygen atoms in total. The second-order valence-electron chi connectivity index (χ2n) is 4.63. The Morgan fingerprint density at radius 3 is 2.47 bits per heavy atom. The Morgan fingerprint density at radius 1 is 1.29 bits per heavy atom. The highest BCUT2D eigenvalue weighted by Crippen LogP contribution is 2.19. The quantitative estimate of drug-likeness (QED) is 0.710. The number of nitrogens with one attached hydrogen (secondary N) is 2. The SMILES string of the molecule is CNCCC1CCN(C(=O)CNC(C)=O)CC1. The van der Waals surface area contributed by atoms with Crippen LogP contribution in [0.4, 0.5) is 0 Å². The van der Waals surface area contributed by atoms with Crippen molar-refractivity contribution in [1.29, 1.82) is 0 Å². The first-order valence-corrected chi connectivity index (χ1v) is 6.30. The van der Waals surface area contributed by atoms with Crippen molar-refractivity contribution < 1.29 is 9.59 Å². The number of carbonyl (C=O) groups is 2. The summed E-state index contributed by atoms with van der Waals surface area (Å²) >= 11 is 0. The molecule has 0 saturated carbocycles. The third-order valence-electron chi connectivity index (χ3n) is 3.26. The van der Waals surface area contributed by atoms with Crippen molar-refractivity contribution in [2.24, 2.45) is 5.92 Å². The standard InChI is InChI=1S/C12H23N3O2/c1-10(16)14-9-12(17)15-7-4-11(5-8-15)3-6-13-2/h11,13H,3-9H2,1-2H3,(H,14,16). The van der Waals surface area contributed by atoms with Crippen LogP contribution in [-0.4, -0.2) is 49.9 Å². The van der Waals surface area contributed by atoms with Gasteiger partial charge in [0.25, 0.3) is 0 Å². The zero-order valence-electron chi connectivity index (χ0n) is 10.8. The normalized spacial score (nSPS) is 16.9. The maximum atomic E-state index is 11.7. The lowest BCUT2D eigenvalue weighted by Gasteiger charge is -2.32. The molecule has 2 N–H and O–H groups in total. The van der Waals surface area contributed by atoms with Gasteiger partial charge in [-0.1, -0.05) is 0 Å². The summed E-state index contributed by atoms with van der Waals surface area (Å²) in [6.07, 6.45) is 3.34. The van der Waals surface area contributed by atoms with Crippen LogP contribution in [-0.2, 0) is 9.59 Å². The number of piperidine rings is 1. The van der Waals surface area contributed by atoms with Crippen LogP contribution < -0.4 is 10.6 Å². The molecule has 1 saturated heterocycles. The smallest absolute Gasteiger partial charge is 0.241 e. The van der Waals surface area contributed by atoms with Crippen molar-refractivity contribution in [3.05, 3.63) is 0 Å². The van der Waals surface area contributed by atoms with E-state index in [1.165, 1.54) is 13.3 Å². The van der Waals surface area contributed by atoms with E-state index in [1.54, 1.807) is 0 Å². The number of likely N-dealkylation sites (tertiary alicyclic amines) is 1. The summed E-state index contributed by atoms with van der Waals surface area (Å²) in [4.78, 5) is 24.3. The van der Waals surface area contributed by atoms with E-state index in [4.69, 9.17) is 0 Å². The largest absolute Gasteiger partial charge is 0.347 e. The average Bonchev–Trinajstić information content (AvgIpc) is 2.34. The van der Waals surface area contributed by atoms with Crippen molar-refractivity contribution in [1.82, 2.24) is 15.5 Å². The van der Waals surface area contributed by atoms with Gasteiger partial charge in [-0.05, 0) is 38.8 Å². The maximum Gasteiger partial charge on any atom is 0.241 e. The summed E-state index contributed by atoms with van der Waals surface area (Å²) < 4.78 is 0. The Bertz CT molecular complexity index is 260. The number of amides is 2. The summed E-state index contributed by atoms with van der Waals surface area (Å²) in [5.74, 6) is 0.613. The molecule has 0 aliphatic carbocycles. The highest BCUT2D eigenvalue weighted by atomic mass is 16.2. The molecule has 1 aliphatic rings. The van der Waals surface area contributed by atoms with E-state index in [-0.39, 0.29) is 18.4 Å². The van der Waals surface area contributed by atoms with Gasteiger partial charge in [-0.15, -0.1) is 0 Å². The highest BCUT2D eigenvalue weighted by molar-refractivity contribution is 5.83. The molecule has 0 radical (unpaired) electrons. The molecule has 0 spiro atoms. The van der Waals surface area contributed by atoms with Crippen molar-refractivity contribution in [3.8, 4) is 0 Å². The molecule has 0 atom stereocenters. The summed E-state index contributed by atoms with van der Waals surface area (Å²) in [7, 11) is 1.96. The summed E-state index contributed by atoms with van der Waals surface area (Å²) in [5, 5.41) is 5.70. The van der Waals surface area contributed by atoms with Crippen LogP contribution in [0.2, 0.25) is 0 Å². The Hall–Kier alpha value is -1.10. The van der Waals surface area contributed by atoms with E-state index in [9.17, 15) is 9.59 Å². The van der Waals surface area contributed by atoms with Gasteiger partial charge in [-0.2, -0.15) is 0 Å². The minimum atomic E-state index is -0.151. The van der Waals surface area contributed by atoms with E-state index in [1.807, 2.05) is 11.9 Å². The molecule has 1 aliphatic heterocycles. The predicted octanol–water partition coefficient (Wildman–Crippen LogP) is -0.0294. The van der Waals surface area contributed by atoms with Gasteiger partial charge in [-0.25, -0.2) is 0 Å². The van der Waals surface area contributed by atoms with Crippen molar-refractivity contribution in [2.45, 2.75) is 26.2 Å². The van der Waals surface area contributed by atoms with E-state index in [0.29, 0.717) is 0 Å². The van der Waals surface area contributed by atoms with Crippen LogP contribution >= 0.6 is 0 Å². The maximum absolute atomic E-state index is 11.7. The van der Waals surface area contributed by atoms with Gasteiger partial charge in [-0.3, -0.25) is 9.59 Å². The molecule has 17 heavy (non-hydrogen) atoms. The number of hydrogen-bond donors (Lipinski definition) is 2. The minimum Gasteiger partial charge on any atom is -0.347 e. The van der Waals surface area contributed by atoms with Gasteiger partial charge in [0.15, 0.2) is 0 Å². The Balaban J connectivity index is 2.21. The molecular formula is C12H23N3O2. The fourth-order valence-corrected chi connectivity index (χ4v) is 2.13. The van der Waals surface area contributed by atoms with Crippen molar-refractivity contribution in [2.75, 3.05) is 33.2 Å². The zero-order chi connectivity index (χ0) is 12.7. The molecule has 2 amide bonds. The fourth-order valence-electron chi connectivity index (χ4n) is 2.13. The first kappa shape index (κ1) is 14.0. The van der Waals surface area contributed by atoms with Crippen LogP contribution in [0.1, 0.15) is 26.2 Å². The van der Waals surface area contributed by atoms with E-state index >= 15 is 0 Å². The molecule has 0 bridgehead atoms. The number of carbonyl (C=O) groups excluding carboxylic acids is 2. The Labute approximate surface area is 103 Å². The molecule has 1 heterocycles. The molecule has 5 heteroatoms. The summed E-state index contributed by atoms with van der Waals surface area (Å²) in [6, 6.07) is 0. The first-order valence-electron chi connectivity index (χ1n) is 6.30.